The van der Waals surface area contributed by atoms with Gasteiger partial charge in [-0.3, -0.25) is 4.90 Å². The molecule has 0 saturated carbocycles. The Labute approximate surface area is 227 Å². The van der Waals surface area contributed by atoms with Crippen LogP contribution in [-0.4, -0.2) is 70.9 Å². The highest BCUT2D eigenvalue weighted by Crippen LogP contribution is 2.20. The fourth-order valence-electron chi connectivity index (χ4n) is 4.29. The minimum absolute atomic E-state index is 0.270. The Morgan fingerprint density at radius 2 is 1.81 bits per heavy atom. The molecule has 1 fully saturated rings. The van der Waals surface area contributed by atoms with E-state index in [1.54, 1.807) is 0 Å². The molecule has 1 aromatic heterocycles. The summed E-state index contributed by atoms with van der Waals surface area (Å²) in [7, 11) is 2.16. The fraction of sp³-hybridized carbons (Fsp3) is 0.464. The largest absolute Gasteiger partial charge is 0.444 e. The number of benzene rings is 2. The second kappa shape index (κ2) is 12.2. The molecule has 0 spiro atoms. The van der Waals surface area contributed by atoms with Crippen LogP contribution in [0.4, 0.5) is 4.79 Å². The molecule has 3 aromatic rings. The van der Waals surface area contributed by atoms with E-state index in [0.717, 1.165) is 48.3 Å². The second-order valence-corrected chi connectivity index (χ2v) is 11.6. The molecule has 1 amide bonds. The summed E-state index contributed by atoms with van der Waals surface area (Å²) < 4.78 is 12.1. The summed E-state index contributed by atoms with van der Waals surface area (Å²) in [6.07, 6.45) is 0.527. The summed E-state index contributed by atoms with van der Waals surface area (Å²) in [5, 5.41) is 7.22. The van der Waals surface area contributed by atoms with Gasteiger partial charge in [-0.05, 0) is 63.6 Å². The molecular weight excluding hydrogens is 534 g/mol. The Balaban J connectivity index is 1.44. The molecule has 2 aromatic carbocycles. The number of hydrogen-bond acceptors (Lipinski definition) is 7. The number of alkyl carbamates (subject to hydrolysis) is 1. The highest BCUT2D eigenvalue weighted by molar-refractivity contribution is 9.10. The van der Waals surface area contributed by atoms with Gasteiger partial charge in [0.05, 0.1) is 0 Å². The van der Waals surface area contributed by atoms with E-state index in [4.69, 9.17) is 9.26 Å². The third kappa shape index (κ3) is 8.66. The third-order valence-electron chi connectivity index (χ3n) is 6.19. The smallest absolute Gasteiger partial charge is 0.407 e. The maximum Gasteiger partial charge on any atom is 0.407 e. The number of halogens is 1. The van der Waals surface area contributed by atoms with Gasteiger partial charge in [-0.1, -0.05) is 51.4 Å². The quantitative estimate of drug-likeness (QED) is 0.412. The summed E-state index contributed by atoms with van der Waals surface area (Å²) in [5.41, 5.74) is 2.65. The highest BCUT2D eigenvalue weighted by atomic mass is 79.9. The van der Waals surface area contributed by atoms with Gasteiger partial charge >= 0.3 is 6.09 Å². The van der Waals surface area contributed by atoms with Gasteiger partial charge in [0.1, 0.15) is 5.60 Å². The van der Waals surface area contributed by atoms with Crippen molar-refractivity contribution >= 4 is 22.0 Å². The van der Waals surface area contributed by atoms with Gasteiger partial charge in [-0.2, -0.15) is 4.98 Å². The molecule has 198 valence electrons. The molecule has 0 radical (unpaired) electrons. The molecule has 8 nitrogen and oxygen atoms in total. The van der Waals surface area contributed by atoms with Gasteiger partial charge in [-0.15, -0.1) is 0 Å². The number of amides is 1. The molecule has 9 heteroatoms. The number of carbonyl (C=O) groups is 1. The number of nitrogens with one attached hydrogen (secondary N) is 1. The van der Waals surface area contributed by atoms with E-state index in [9.17, 15) is 4.79 Å². The zero-order valence-corrected chi connectivity index (χ0v) is 23.6. The lowest BCUT2D eigenvalue weighted by Crippen LogP contribution is -2.43. The van der Waals surface area contributed by atoms with Gasteiger partial charge < -0.3 is 19.5 Å². The monoisotopic (exact) mass is 569 g/mol. The van der Waals surface area contributed by atoms with Crippen molar-refractivity contribution in [3.8, 4) is 11.4 Å². The van der Waals surface area contributed by atoms with Crippen LogP contribution in [0.5, 0.6) is 0 Å². The van der Waals surface area contributed by atoms with Crippen molar-refractivity contribution in [3.63, 3.8) is 0 Å². The number of likely N-dealkylation sites (N-methyl/N-ethyl adjacent to an activating group) is 1. The Morgan fingerprint density at radius 1 is 1.08 bits per heavy atom. The maximum atomic E-state index is 12.5. The summed E-state index contributed by atoms with van der Waals surface area (Å²) >= 11 is 3.47. The van der Waals surface area contributed by atoms with Crippen LogP contribution in [0.1, 0.15) is 37.8 Å². The number of ether oxygens (including phenoxy) is 1. The summed E-state index contributed by atoms with van der Waals surface area (Å²) in [5.74, 6) is 1.02. The van der Waals surface area contributed by atoms with Crippen LogP contribution in [0, 0.1) is 0 Å². The molecule has 1 aliphatic heterocycles. The van der Waals surface area contributed by atoms with E-state index in [1.807, 2.05) is 57.2 Å². The first kappa shape index (κ1) is 27.3. The fourth-order valence-corrected chi connectivity index (χ4v) is 4.56. The predicted molar refractivity (Wildman–Crippen MR) is 147 cm³/mol. The Hall–Kier alpha value is -2.75. The lowest BCUT2D eigenvalue weighted by atomic mass is 10.0. The van der Waals surface area contributed by atoms with Crippen LogP contribution < -0.4 is 5.32 Å². The van der Waals surface area contributed by atoms with Crippen molar-refractivity contribution in [2.24, 2.45) is 0 Å². The van der Waals surface area contributed by atoms with E-state index in [2.05, 4.69) is 60.4 Å². The number of hydrogen-bond donors (Lipinski definition) is 1. The molecule has 1 atom stereocenters. The number of aromatic nitrogens is 2. The predicted octanol–water partition coefficient (Wildman–Crippen LogP) is 4.93. The van der Waals surface area contributed by atoms with Crippen LogP contribution in [0.15, 0.2) is 57.5 Å². The van der Waals surface area contributed by atoms with E-state index in [1.165, 1.54) is 5.56 Å². The van der Waals surface area contributed by atoms with Crippen molar-refractivity contribution in [1.82, 2.24) is 25.3 Å². The molecule has 4 rings (SSSR count). The SMILES string of the molecule is CN1CCN(Cc2cccc(-c3noc(C[C@@H](Cc4ccc(Br)cc4)NC(=O)OC(C)(C)C)n3)c2)CC1. The molecule has 37 heavy (non-hydrogen) atoms. The van der Waals surface area contributed by atoms with Gasteiger partial charge in [0.2, 0.25) is 11.7 Å². The first-order valence-corrected chi connectivity index (χ1v) is 13.5. The third-order valence-corrected chi connectivity index (χ3v) is 6.72. The number of piperazine rings is 1. The van der Waals surface area contributed by atoms with Crippen LogP contribution in [0.2, 0.25) is 0 Å². The zero-order chi connectivity index (χ0) is 26.4. The van der Waals surface area contributed by atoms with E-state index >= 15 is 0 Å². The van der Waals surface area contributed by atoms with Crippen molar-refractivity contribution < 1.29 is 14.1 Å². The lowest BCUT2D eigenvalue weighted by Gasteiger charge is -2.32. The zero-order valence-electron chi connectivity index (χ0n) is 22.0. The Bertz CT molecular complexity index is 1170. The summed E-state index contributed by atoms with van der Waals surface area (Å²) in [6.45, 7) is 10.8. The maximum absolute atomic E-state index is 12.5. The van der Waals surface area contributed by atoms with Crippen LogP contribution in [-0.2, 0) is 24.1 Å². The summed E-state index contributed by atoms with van der Waals surface area (Å²) in [4.78, 5) is 22.0. The molecule has 1 N–H and O–H groups in total. The second-order valence-electron chi connectivity index (χ2n) is 10.7. The topological polar surface area (TPSA) is 83.7 Å². The highest BCUT2D eigenvalue weighted by Gasteiger charge is 2.22. The number of rotatable bonds is 8. The molecule has 0 unspecified atom stereocenters. The first-order valence-electron chi connectivity index (χ1n) is 12.7. The van der Waals surface area contributed by atoms with E-state index < -0.39 is 11.7 Å². The van der Waals surface area contributed by atoms with Crippen LogP contribution >= 0.6 is 15.9 Å². The molecule has 0 aliphatic carbocycles. The minimum Gasteiger partial charge on any atom is -0.444 e. The molecule has 1 saturated heterocycles. The summed E-state index contributed by atoms with van der Waals surface area (Å²) in [6, 6.07) is 16.1. The molecule has 1 aliphatic rings. The average molecular weight is 571 g/mol. The molecule has 2 heterocycles. The Kier molecular flexibility index (Phi) is 9.00. The molecule has 0 bridgehead atoms. The number of nitrogens with zero attached hydrogens (tertiary/aromatic N) is 4. The molecular formula is C28H36BrN5O3. The van der Waals surface area contributed by atoms with Crippen molar-refractivity contribution in [2.75, 3.05) is 33.2 Å². The minimum atomic E-state index is -0.584. The van der Waals surface area contributed by atoms with Gasteiger partial charge in [0, 0.05) is 55.2 Å². The van der Waals surface area contributed by atoms with E-state index in [-0.39, 0.29) is 6.04 Å². The van der Waals surface area contributed by atoms with Gasteiger partial charge in [0.15, 0.2) is 0 Å². The Morgan fingerprint density at radius 3 is 2.51 bits per heavy atom. The van der Waals surface area contributed by atoms with E-state index in [0.29, 0.717) is 24.6 Å². The first-order chi connectivity index (χ1) is 17.6. The van der Waals surface area contributed by atoms with Crippen molar-refractivity contribution in [1.29, 1.82) is 0 Å². The van der Waals surface area contributed by atoms with Crippen LogP contribution in [0.3, 0.4) is 0 Å². The average Bonchev–Trinajstić information content (AvgIpc) is 3.29. The standard InChI is InChI=1S/C28H36BrN5O3/c1-28(2,3)36-27(35)30-24(17-20-8-10-23(29)11-9-20)18-25-31-26(32-37-25)22-7-5-6-21(16-22)19-34-14-12-33(4)13-15-34/h5-11,16,24H,12-15,17-19H2,1-4H3,(H,30,35)/t24-/m1/s1. The van der Waals surface area contributed by atoms with Gasteiger partial charge in [0.25, 0.3) is 0 Å². The number of carbonyl (C=O) groups excluding carboxylic acids is 1. The van der Waals surface area contributed by atoms with Gasteiger partial charge in [-0.25, -0.2) is 4.79 Å². The van der Waals surface area contributed by atoms with Crippen LogP contribution in [0.25, 0.3) is 11.4 Å². The van der Waals surface area contributed by atoms with Crippen molar-refractivity contribution in [3.05, 3.63) is 70.0 Å². The normalized spacial score (nSPS) is 15.9. The lowest BCUT2D eigenvalue weighted by molar-refractivity contribution is 0.0502. The van der Waals surface area contributed by atoms with Crippen molar-refractivity contribution in [2.45, 2.75) is 51.8 Å².